The number of benzene rings is 1. The molecule has 8 nitrogen and oxygen atoms in total. The Balaban J connectivity index is 2.07. The van der Waals surface area contributed by atoms with Crippen LogP contribution in [0.15, 0.2) is 24.3 Å². The topological polar surface area (TPSA) is 137 Å². The number of carboxylic acids is 1. The van der Waals surface area contributed by atoms with Crippen molar-refractivity contribution in [3.05, 3.63) is 29.8 Å². The molecule has 1 unspecified atom stereocenters. The number of hydrogen-bond donors (Lipinski definition) is 5. The Bertz CT molecular complexity index is 529. The zero-order chi connectivity index (χ0) is 17.1. The molecule has 1 aromatic carbocycles. The van der Waals surface area contributed by atoms with Gasteiger partial charge in [-0.3, -0.25) is 4.79 Å². The number of carboxylic acid groups (broad SMARTS) is 1. The Labute approximate surface area is 132 Å². The van der Waals surface area contributed by atoms with Gasteiger partial charge in [-0.15, -0.1) is 0 Å². The first-order valence-corrected chi connectivity index (χ1v) is 7.15. The quantitative estimate of drug-likeness (QED) is 0.467. The van der Waals surface area contributed by atoms with E-state index in [2.05, 4.69) is 0 Å². The molecule has 0 aliphatic carbocycles. The number of aliphatic hydroxyl groups excluding tert-OH is 4. The summed E-state index contributed by atoms with van der Waals surface area (Å²) in [5, 5.41) is 47.3. The van der Waals surface area contributed by atoms with Crippen LogP contribution in [0.25, 0.3) is 0 Å². The number of rotatable bonds is 5. The predicted molar refractivity (Wildman–Crippen MR) is 76.9 cm³/mol. The lowest BCUT2D eigenvalue weighted by atomic mass is 9.99. The lowest BCUT2D eigenvalue weighted by molar-refractivity contribution is -0.277. The van der Waals surface area contributed by atoms with Crippen LogP contribution in [0, 0.1) is 0 Å². The third-order valence-corrected chi connectivity index (χ3v) is 3.85. The van der Waals surface area contributed by atoms with Gasteiger partial charge >= 0.3 is 5.97 Å². The molecule has 1 aromatic rings. The average molecular weight is 328 g/mol. The molecule has 6 atom stereocenters. The van der Waals surface area contributed by atoms with Crippen molar-refractivity contribution in [2.75, 3.05) is 6.61 Å². The van der Waals surface area contributed by atoms with Gasteiger partial charge < -0.3 is 35.0 Å². The summed E-state index contributed by atoms with van der Waals surface area (Å²) in [6, 6.07) is 6.16. The number of aliphatic hydroxyl groups is 4. The highest BCUT2D eigenvalue weighted by Crippen LogP contribution is 2.25. The van der Waals surface area contributed by atoms with Crippen LogP contribution in [0.4, 0.5) is 0 Å². The monoisotopic (exact) mass is 328 g/mol. The molecule has 128 valence electrons. The molecule has 1 saturated heterocycles. The molecular formula is C15H20O8. The minimum atomic E-state index is -1.52. The van der Waals surface area contributed by atoms with Crippen molar-refractivity contribution in [3.63, 3.8) is 0 Å². The van der Waals surface area contributed by atoms with Gasteiger partial charge in [0.05, 0.1) is 12.5 Å². The fourth-order valence-electron chi connectivity index (χ4n) is 2.28. The Morgan fingerprint density at radius 3 is 2.30 bits per heavy atom. The highest BCUT2D eigenvalue weighted by molar-refractivity contribution is 5.75. The Morgan fingerprint density at radius 1 is 1.17 bits per heavy atom. The normalized spacial score (nSPS) is 32.3. The van der Waals surface area contributed by atoms with Crippen molar-refractivity contribution in [2.45, 2.75) is 43.5 Å². The van der Waals surface area contributed by atoms with E-state index >= 15 is 0 Å². The van der Waals surface area contributed by atoms with Crippen molar-refractivity contribution >= 4 is 5.97 Å². The fourth-order valence-corrected chi connectivity index (χ4v) is 2.28. The smallest absolute Gasteiger partial charge is 0.310 e. The van der Waals surface area contributed by atoms with E-state index < -0.39 is 49.2 Å². The number of ether oxygens (including phenoxy) is 2. The summed E-state index contributed by atoms with van der Waals surface area (Å²) in [5.41, 5.74) is 0.582. The zero-order valence-corrected chi connectivity index (χ0v) is 12.4. The molecule has 1 fully saturated rings. The van der Waals surface area contributed by atoms with Crippen molar-refractivity contribution in [3.8, 4) is 5.75 Å². The molecule has 1 heterocycles. The molecule has 0 saturated carbocycles. The van der Waals surface area contributed by atoms with Gasteiger partial charge in [-0.05, 0) is 24.6 Å². The summed E-state index contributed by atoms with van der Waals surface area (Å²) in [5.74, 6) is -1.33. The van der Waals surface area contributed by atoms with Crippen LogP contribution in [0.3, 0.4) is 0 Å². The Hall–Kier alpha value is -1.71. The molecule has 2 rings (SSSR count). The Morgan fingerprint density at radius 2 is 1.78 bits per heavy atom. The second kappa shape index (κ2) is 7.24. The highest BCUT2D eigenvalue weighted by Gasteiger charge is 2.44. The summed E-state index contributed by atoms with van der Waals surface area (Å²) < 4.78 is 10.6. The SMILES string of the molecule is CC(C(=O)O)c1ccc(O[C@@H]2O[C@H](CO)[C@H](O)[C@H](O)[C@H]2O)cc1. The maximum atomic E-state index is 10.9. The summed E-state index contributed by atoms with van der Waals surface area (Å²) >= 11 is 0. The third-order valence-electron chi connectivity index (χ3n) is 3.85. The Kier molecular flexibility index (Phi) is 5.55. The maximum Gasteiger partial charge on any atom is 0.310 e. The first-order chi connectivity index (χ1) is 10.8. The van der Waals surface area contributed by atoms with Crippen LogP contribution in [0.1, 0.15) is 18.4 Å². The maximum absolute atomic E-state index is 10.9. The summed E-state index contributed by atoms with van der Waals surface area (Å²) in [7, 11) is 0. The zero-order valence-electron chi connectivity index (χ0n) is 12.4. The standard InChI is InChI=1S/C15H20O8/c1-7(14(20)21)8-2-4-9(5-3-8)22-15-13(19)12(18)11(17)10(6-16)23-15/h2-5,7,10-13,15-19H,6H2,1H3,(H,20,21)/t7?,10-,11+,12+,13-,15-/m1/s1. The predicted octanol–water partition coefficient (Wildman–Crippen LogP) is -0.947. The van der Waals surface area contributed by atoms with Gasteiger partial charge in [0.1, 0.15) is 30.2 Å². The highest BCUT2D eigenvalue weighted by atomic mass is 16.7. The van der Waals surface area contributed by atoms with E-state index in [0.29, 0.717) is 5.56 Å². The molecule has 0 aromatic heterocycles. The van der Waals surface area contributed by atoms with E-state index in [9.17, 15) is 20.1 Å². The van der Waals surface area contributed by atoms with Crippen LogP contribution in [-0.4, -0.2) is 68.8 Å². The molecule has 0 bridgehead atoms. The minimum absolute atomic E-state index is 0.288. The van der Waals surface area contributed by atoms with Gasteiger partial charge in [0.15, 0.2) is 0 Å². The third kappa shape index (κ3) is 3.80. The second-order valence-corrected chi connectivity index (χ2v) is 5.44. The van der Waals surface area contributed by atoms with E-state index in [-0.39, 0.29) is 5.75 Å². The van der Waals surface area contributed by atoms with E-state index in [1.807, 2.05) is 0 Å². The van der Waals surface area contributed by atoms with Crippen molar-refractivity contribution < 1.29 is 39.8 Å². The number of carbonyl (C=O) groups is 1. The van der Waals surface area contributed by atoms with Crippen LogP contribution in [-0.2, 0) is 9.53 Å². The molecule has 0 spiro atoms. The van der Waals surface area contributed by atoms with Gasteiger partial charge in [-0.2, -0.15) is 0 Å². The van der Waals surface area contributed by atoms with Gasteiger partial charge in [0.25, 0.3) is 0 Å². The minimum Gasteiger partial charge on any atom is -0.481 e. The molecule has 23 heavy (non-hydrogen) atoms. The van der Waals surface area contributed by atoms with E-state index in [1.165, 1.54) is 12.1 Å². The van der Waals surface area contributed by atoms with Crippen molar-refractivity contribution in [1.29, 1.82) is 0 Å². The van der Waals surface area contributed by atoms with Gasteiger partial charge in [-0.25, -0.2) is 0 Å². The lowest BCUT2D eigenvalue weighted by Gasteiger charge is -2.39. The second-order valence-electron chi connectivity index (χ2n) is 5.44. The summed E-state index contributed by atoms with van der Waals surface area (Å²) in [6.45, 7) is 1.01. The van der Waals surface area contributed by atoms with Crippen LogP contribution in [0.2, 0.25) is 0 Å². The van der Waals surface area contributed by atoms with E-state index in [4.69, 9.17) is 19.7 Å². The van der Waals surface area contributed by atoms with E-state index in [0.717, 1.165) is 0 Å². The number of hydrogen-bond acceptors (Lipinski definition) is 7. The largest absolute Gasteiger partial charge is 0.481 e. The molecule has 1 aliphatic rings. The summed E-state index contributed by atoms with van der Waals surface area (Å²) in [6.07, 6.45) is -6.78. The summed E-state index contributed by atoms with van der Waals surface area (Å²) in [4.78, 5) is 10.9. The first kappa shape index (κ1) is 17.6. The lowest BCUT2D eigenvalue weighted by Crippen LogP contribution is -2.60. The fraction of sp³-hybridized carbons (Fsp3) is 0.533. The van der Waals surface area contributed by atoms with Crippen LogP contribution in [0.5, 0.6) is 5.75 Å². The first-order valence-electron chi connectivity index (χ1n) is 7.15. The molecule has 1 aliphatic heterocycles. The van der Waals surface area contributed by atoms with Crippen LogP contribution >= 0.6 is 0 Å². The van der Waals surface area contributed by atoms with Crippen molar-refractivity contribution in [1.82, 2.24) is 0 Å². The van der Waals surface area contributed by atoms with Gasteiger partial charge in [0, 0.05) is 0 Å². The number of aliphatic carboxylic acids is 1. The molecule has 0 amide bonds. The molecule has 8 heteroatoms. The molecule has 0 radical (unpaired) electrons. The van der Waals surface area contributed by atoms with Crippen molar-refractivity contribution in [2.24, 2.45) is 0 Å². The van der Waals surface area contributed by atoms with Gasteiger partial charge in [0.2, 0.25) is 6.29 Å². The molecular weight excluding hydrogens is 308 g/mol. The molecule has 5 N–H and O–H groups in total. The van der Waals surface area contributed by atoms with Gasteiger partial charge in [-0.1, -0.05) is 12.1 Å². The average Bonchev–Trinajstić information content (AvgIpc) is 2.55. The van der Waals surface area contributed by atoms with Crippen LogP contribution < -0.4 is 4.74 Å². The van der Waals surface area contributed by atoms with E-state index in [1.54, 1.807) is 19.1 Å².